The molecular weight excluding hydrogens is 374 g/mol. The van der Waals surface area contributed by atoms with Gasteiger partial charge in [-0.1, -0.05) is 0 Å². The van der Waals surface area contributed by atoms with Crippen LogP contribution in [0.15, 0.2) is 42.6 Å². The average Bonchev–Trinajstić information content (AvgIpc) is 3.31. The first-order valence-electron chi connectivity index (χ1n) is 8.41. The van der Waals surface area contributed by atoms with E-state index in [2.05, 4.69) is 5.10 Å². The van der Waals surface area contributed by atoms with Crippen molar-refractivity contribution in [1.82, 2.24) is 14.3 Å². The molecular formula is C19H15N7O3. The van der Waals surface area contributed by atoms with E-state index in [1.807, 2.05) is 12.1 Å². The number of aliphatic hydroxyl groups is 1. The highest BCUT2D eigenvalue weighted by Gasteiger charge is 2.19. The van der Waals surface area contributed by atoms with Crippen LogP contribution in [-0.2, 0) is 6.54 Å². The predicted octanol–water partition coefficient (Wildman–Crippen LogP) is 2.09. The van der Waals surface area contributed by atoms with Gasteiger partial charge in [-0.3, -0.25) is 10.1 Å². The number of benzene rings is 1. The highest BCUT2D eigenvalue weighted by Crippen LogP contribution is 2.26. The largest absolute Gasteiger partial charge is 0.394 e. The molecule has 0 aliphatic heterocycles. The summed E-state index contributed by atoms with van der Waals surface area (Å²) in [5.41, 5.74) is 7.43. The van der Waals surface area contributed by atoms with Crippen molar-refractivity contribution < 1.29 is 10.0 Å². The second-order valence-corrected chi connectivity index (χ2v) is 5.91. The number of aromatic nitrogens is 3. The van der Waals surface area contributed by atoms with Crippen molar-refractivity contribution in [3.63, 3.8) is 0 Å². The molecule has 10 heteroatoms. The van der Waals surface area contributed by atoms with Gasteiger partial charge in [-0.2, -0.15) is 15.6 Å². The second kappa shape index (κ2) is 8.08. The number of nitro benzene ring substituents is 1. The summed E-state index contributed by atoms with van der Waals surface area (Å²) in [5.74, 6) is 0.0726. The average molecular weight is 389 g/mol. The van der Waals surface area contributed by atoms with Crippen LogP contribution in [0.5, 0.6) is 0 Å². The predicted molar refractivity (Wildman–Crippen MR) is 104 cm³/mol. The highest BCUT2D eigenvalue weighted by atomic mass is 16.6. The van der Waals surface area contributed by atoms with Crippen LogP contribution < -0.4 is 5.73 Å². The van der Waals surface area contributed by atoms with Gasteiger partial charge in [0.1, 0.15) is 29.2 Å². The van der Waals surface area contributed by atoms with Crippen LogP contribution in [-0.4, -0.2) is 31.0 Å². The lowest BCUT2D eigenvalue weighted by atomic mass is 10.1. The van der Waals surface area contributed by atoms with Crippen LogP contribution >= 0.6 is 0 Å². The summed E-state index contributed by atoms with van der Waals surface area (Å²) in [6.45, 7) is -0.122. The molecule has 3 N–H and O–H groups in total. The van der Waals surface area contributed by atoms with E-state index in [4.69, 9.17) is 10.8 Å². The number of aliphatic hydroxyl groups excluding tert-OH is 1. The van der Waals surface area contributed by atoms with Crippen LogP contribution in [0.2, 0.25) is 0 Å². The van der Waals surface area contributed by atoms with E-state index in [0.29, 0.717) is 11.4 Å². The fraction of sp³-hybridized carbons (Fsp3) is 0.105. The molecule has 0 atom stereocenters. The van der Waals surface area contributed by atoms with Gasteiger partial charge in [-0.15, -0.1) is 0 Å². The summed E-state index contributed by atoms with van der Waals surface area (Å²) in [7, 11) is 0. The topological polar surface area (TPSA) is 160 Å². The minimum Gasteiger partial charge on any atom is -0.394 e. The number of allylic oxidation sites excluding steroid dienone is 1. The number of nitrogen functional groups attached to an aromatic ring is 1. The lowest BCUT2D eigenvalue weighted by Crippen LogP contribution is -2.07. The van der Waals surface area contributed by atoms with Gasteiger partial charge in [0.05, 0.1) is 23.6 Å². The number of nitrogens with zero attached hydrogens (tertiary/aromatic N) is 6. The summed E-state index contributed by atoms with van der Waals surface area (Å²) in [6, 6.07) is 13.4. The van der Waals surface area contributed by atoms with Crippen molar-refractivity contribution in [2.24, 2.45) is 0 Å². The zero-order valence-corrected chi connectivity index (χ0v) is 15.1. The third kappa shape index (κ3) is 3.69. The van der Waals surface area contributed by atoms with Crippen molar-refractivity contribution >= 4 is 23.2 Å². The third-order valence-electron chi connectivity index (χ3n) is 4.20. The third-order valence-corrected chi connectivity index (χ3v) is 4.20. The van der Waals surface area contributed by atoms with E-state index in [1.54, 1.807) is 41.1 Å². The SMILES string of the molecule is N#C/C(=C/c1cccn1-c1ccc([N+](=O)[O-])cc1)c1nn(CCO)c(N)c1C#N. The van der Waals surface area contributed by atoms with Gasteiger partial charge in [-0.05, 0) is 30.3 Å². The number of anilines is 1. The maximum Gasteiger partial charge on any atom is 0.269 e. The molecule has 29 heavy (non-hydrogen) atoms. The van der Waals surface area contributed by atoms with Gasteiger partial charge >= 0.3 is 0 Å². The summed E-state index contributed by atoms with van der Waals surface area (Å²) < 4.78 is 3.01. The summed E-state index contributed by atoms with van der Waals surface area (Å²) in [5, 5.41) is 43.2. The van der Waals surface area contributed by atoms with Crippen LogP contribution in [0.4, 0.5) is 11.5 Å². The first kappa shape index (κ1) is 19.4. The van der Waals surface area contributed by atoms with E-state index in [0.717, 1.165) is 0 Å². The molecule has 0 radical (unpaired) electrons. The first-order chi connectivity index (χ1) is 14.0. The Hall–Kier alpha value is -4.41. The van der Waals surface area contributed by atoms with Crippen molar-refractivity contribution in [2.75, 3.05) is 12.3 Å². The molecule has 0 aliphatic rings. The maximum absolute atomic E-state index is 10.8. The molecule has 2 heterocycles. The van der Waals surface area contributed by atoms with Gasteiger partial charge in [0, 0.05) is 29.7 Å². The minimum atomic E-state index is -0.482. The zero-order valence-electron chi connectivity index (χ0n) is 15.1. The Bertz CT molecular complexity index is 1170. The van der Waals surface area contributed by atoms with E-state index in [9.17, 15) is 20.6 Å². The molecule has 0 bridgehead atoms. The van der Waals surface area contributed by atoms with Gasteiger partial charge in [-0.25, -0.2) is 4.68 Å². The lowest BCUT2D eigenvalue weighted by molar-refractivity contribution is -0.384. The number of non-ortho nitro benzene ring substituents is 1. The Morgan fingerprint density at radius 2 is 2.03 bits per heavy atom. The Kier molecular flexibility index (Phi) is 5.39. The van der Waals surface area contributed by atoms with Crippen molar-refractivity contribution in [2.45, 2.75) is 6.54 Å². The molecule has 3 rings (SSSR count). The molecule has 0 unspecified atom stereocenters. The number of hydrogen-bond acceptors (Lipinski definition) is 7. The number of rotatable bonds is 6. The van der Waals surface area contributed by atoms with E-state index >= 15 is 0 Å². The molecule has 10 nitrogen and oxygen atoms in total. The molecule has 0 amide bonds. The lowest BCUT2D eigenvalue weighted by Gasteiger charge is -2.06. The monoisotopic (exact) mass is 389 g/mol. The van der Waals surface area contributed by atoms with Crippen molar-refractivity contribution in [3.8, 4) is 17.8 Å². The van der Waals surface area contributed by atoms with Gasteiger partial charge in [0.2, 0.25) is 0 Å². The molecule has 144 valence electrons. The fourth-order valence-corrected chi connectivity index (χ4v) is 2.82. The molecule has 0 saturated carbocycles. The number of nitro groups is 1. The Balaban J connectivity index is 2.06. The maximum atomic E-state index is 10.8. The van der Waals surface area contributed by atoms with Crippen molar-refractivity contribution in [1.29, 1.82) is 10.5 Å². The van der Waals surface area contributed by atoms with Gasteiger partial charge in [0.15, 0.2) is 0 Å². The van der Waals surface area contributed by atoms with Crippen LogP contribution in [0, 0.1) is 32.8 Å². The molecule has 2 aromatic heterocycles. The molecule has 0 aliphatic carbocycles. The summed E-state index contributed by atoms with van der Waals surface area (Å²) >= 11 is 0. The Labute approximate surface area is 165 Å². The number of hydrogen-bond donors (Lipinski definition) is 2. The van der Waals surface area contributed by atoms with Crippen LogP contribution in [0.3, 0.4) is 0 Å². The minimum absolute atomic E-state index is 0.0285. The van der Waals surface area contributed by atoms with Crippen molar-refractivity contribution in [3.05, 3.63) is 69.7 Å². The Morgan fingerprint density at radius 3 is 2.62 bits per heavy atom. The van der Waals surface area contributed by atoms with Crippen LogP contribution in [0.1, 0.15) is 17.0 Å². The summed E-state index contributed by atoms with van der Waals surface area (Å²) in [6.07, 6.45) is 3.29. The van der Waals surface area contributed by atoms with Gasteiger partial charge in [0.25, 0.3) is 5.69 Å². The molecule has 0 saturated heterocycles. The summed E-state index contributed by atoms with van der Waals surface area (Å²) in [4.78, 5) is 10.4. The highest BCUT2D eigenvalue weighted by molar-refractivity contribution is 5.91. The molecule has 1 aromatic carbocycles. The fourth-order valence-electron chi connectivity index (χ4n) is 2.82. The molecule has 0 fully saturated rings. The molecule has 0 spiro atoms. The van der Waals surface area contributed by atoms with Crippen LogP contribution in [0.25, 0.3) is 17.3 Å². The van der Waals surface area contributed by atoms with E-state index < -0.39 is 4.92 Å². The molecule has 3 aromatic rings. The van der Waals surface area contributed by atoms with Gasteiger partial charge < -0.3 is 15.4 Å². The smallest absolute Gasteiger partial charge is 0.269 e. The number of nitrogens with two attached hydrogens (primary N) is 1. The quantitative estimate of drug-likeness (QED) is 0.371. The number of nitriles is 2. The zero-order chi connectivity index (χ0) is 21.0. The standard InChI is InChI=1S/C19H15N7O3/c20-11-13(18-17(12-21)19(22)25(23-18)8-9-27)10-16-2-1-7-24(16)14-3-5-15(6-4-14)26(28)29/h1-7,10,27H,8-9,22H2/b13-10-. The second-order valence-electron chi connectivity index (χ2n) is 5.91. The Morgan fingerprint density at radius 1 is 1.31 bits per heavy atom. The first-order valence-corrected chi connectivity index (χ1v) is 8.41. The van der Waals surface area contributed by atoms with E-state index in [1.165, 1.54) is 16.8 Å². The normalized spacial score (nSPS) is 11.1. The van der Waals surface area contributed by atoms with E-state index in [-0.39, 0.29) is 41.5 Å².